The molecule has 0 aromatic carbocycles. The van der Waals surface area contributed by atoms with Crippen LogP contribution >= 0.6 is 0 Å². The minimum absolute atomic E-state index is 0.0613. The van der Waals surface area contributed by atoms with Crippen molar-refractivity contribution in [2.75, 3.05) is 14.2 Å². The number of carbonyl (C=O) groups is 4. The maximum absolute atomic E-state index is 13.3. The summed E-state index contributed by atoms with van der Waals surface area (Å²) >= 11 is 0. The van der Waals surface area contributed by atoms with Gasteiger partial charge in [0.15, 0.2) is 0 Å². The number of carbonyl (C=O) groups excluding carboxylic acids is 4. The van der Waals surface area contributed by atoms with Crippen LogP contribution in [0.5, 0.6) is 0 Å². The Morgan fingerprint density at radius 1 is 0.791 bits per heavy atom. The third kappa shape index (κ3) is 5.49. The standard InChI is InChI=1S/C36H56O7/c1-21(19-27(37)22(2)23(3)32(40)42-10)24-13-17-36(8)26-11-12-28-33(4,5)29(43-31(39)20-30(38)41-9)15-16-34(28,6)25(26)14-18-35(24,36)7/h21-24,28-29H,11-20H2,1-10H3/t21-,22?,23?,24-,28?,29?,34-,35-,36+/m1/s1. The summed E-state index contributed by atoms with van der Waals surface area (Å²) in [6.07, 6.45) is 8.36. The van der Waals surface area contributed by atoms with E-state index in [1.807, 2.05) is 6.92 Å². The first kappa shape index (κ1) is 33.7. The average Bonchev–Trinajstić information content (AvgIpc) is 3.24. The second-order valence-electron chi connectivity index (χ2n) is 15.7. The van der Waals surface area contributed by atoms with Gasteiger partial charge in [-0.15, -0.1) is 0 Å². The molecule has 0 bridgehead atoms. The highest BCUT2D eigenvalue weighted by Gasteiger charge is 2.63. The number of Topliss-reactive ketones (excluding diaryl/α,β-unsaturated/α-hetero) is 1. The van der Waals surface area contributed by atoms with Gasteiger partial charge in [-0.25, -0.2) is 0 Å². The molecule has 4 rings (SSSR count). The summed E-state index contributed by atoms with van der Waals surface area (Å²) in [6.45, 7) is 17.9. The Bertz CT molecular complexity index is 1170. The number of allylic oxidation sites excluding steroid dienone is 2. The lowest BCUT2D eigenvalue weighted by Gasteiger charge is -2.62. The van der Waals surface area contributed by atoms with E-state index in [-0.39, 0.29) is 57.8 Å². The van der Waals surface area contributed by atoms with Gasteiger partial charge < -0.3 is 14.2 Å². The van der Waals surface area contributed by atoms with Gasteiger partial charge in [0.05, 0.1) is 20.1 Å². The summed E-state index contributed by atoms with van der Waals surface area (Å²) in [7, 11) is 2.67. The zero-order valence-electron chi connectivity index (χ0n) is 28.4. The second-order valence-corrected chi connectivity index (χ2v) is 15.7. The number of ether oxygens (including phenoxy) is 3. The number of hydrogen-bond acceptors (Lipinski definition) is 7. The van der Waals surface area contributed by atoms with E-state index >= 15 is 0 Å². The predicted molar refractivity (Wildman–Crippen MR) is 165 cm³/mol. The molecular formula is C36H56O7. The molecule has 0 aromatic heterocycles. The van der Waals surface area contributed by atoms with Crippen molar-refractivity contribution in [1.29, 1.82) is 0 Å². The first-order valence-electron chi connectivity index (χ1n) is 16.6. The Hall–Kier alpha value is -2.18. The quantitative estimate of drug-likeness (QED) is 0.119. The molecule has 0 radical (unpaired) electrons. The number of fused-ring (bicyclic) bond motifs is 4. The number of methoxy groups -OCH3 is 2. The third-order valence-corrected chi connectivity index (χ3v) is 13.6. The summed E-state index contributed by atoms with van der Waals surface area (Å²) < 4.78 is 15.5. The van der Waals surface area contributed by atoms with Gasteiger partial charge in [0.25, 0.3) is 0 Å². The summed E-state index contributed by atoms with van der Waals surface area (Å²) in [5.74, 6) is -0.870. The van der Waals surface area contributed by atoms with Crippen LogP contribution in [0.4, 0.5) is 0 Å². The predicted octanol–water partition coefficient (Wildman–Crippen LogP) is 7.25. The van der Waals surface area contributed by atoms with Gasteiger partial charge in [0, 0.05) is 17.8 Å². The first-order chi connectivity index (χ1) is 20.0. The van der Waals surface area contributed by atoms with E-state index in [2.05, 4.69) is 46.3 Å². The van der Waals surface area contributed by atoms with Crippen LogP contribution in [-0.4, -0.2) is 44.0 Å². The van der Waals surface area contributed by atoms with Crippen molar-refractivity contribution in [2.24, 2.45) is 51.2 Å². The molecule has 0 N–H and O–H groups in total. The molecule has 4 aliphatic carbocycles. The van der Waals surface area contributed by atoms with Crippen molar-refractivity contribution in [1.82, 2.24) is 0 Å². The SMILES string of the molecule is COC(=O)CC(=O)OC1CC[C@]2(C)C3=C(CCC2C1(C)C)[C@]1(C)CC[C@H]([C@H](C)CC(=O)C(C)C(C)C(=O)OC)[C@@]1(C)CC3. The van der Waals surface area contributed by atoms with Crippen molar-refractivity contribution < 1.29 is 33.4 Å². The smallest absolute Gasteiger partial charge is 0.317 e. The largest absolute Gasteiger partial charge is 0.469 e. The molecule has 4 unspecified atom stereocenters. The van der Waals surface area contributed by atoms with E-state index in [1.54, 1.807) is 18.1 Å². The van der Waals surface area contributed by atoms with E-state index in [9.17, 15) is 19.2 Å². The van der Waals surface area contributed by atoms with Gasteiger partial charge in [-0.1, -0.05) is 66.5 Å². The number of hydrogen-bond donors (Lipinski definition) is 0. The van der Waals surface area contributed by atoms with E-state index in [4.69, 9.17) is 9.47 Å². The topological polar surface area (TPSA) is 96.0 Å². The van der Waals surface area contributed by atoms with Gasteiger partial charge >= 0.3 is 17.9 Å². The van der Waals surface area contributed by atoms with Crippen LogP contribution in [0.25, 0.3) is 0 Å². The third-order valence-electron chi connectivity index (χ3n) is 13.6. The van der Waals surface area contributed by atoms with Gasteiger partial charge in [-0.2, -0.15) is 0 Å². The van der Waals surface area contributed by atoms with Crippen molar-refractivity contribution >= 4 is 23.7 Å². The van der Waals surface area contributed by atoms with Gasteiger partial charge in [-0.05, 0) is 85.4 Å². The van der Waals surface area contributed by atoms with Crippen molar-refractivity contribution in [3.05, 3.63) is 11.1 Å². The number of rotatable bonds is 9. The molecular weight excluding hydrogens is 544 g/mol. The second kappa shape index (κ2) is 12.0. The number of esters is 3. The van der Waals surface area contributed by atoms with Gasteiger partial charge in [0.2, 0.25) is 0 Å². The van der Waals surface area contributed by atoms with Crippen LogP contribution in [0.2, 0.25) is 0 Å². The molecule has 0 heterocycles. The maximum Gasteiger partial charge on any atom is 0.317 e. The van der Waals surface area contributed by atoms with E-state index in [0.717, 1.165) is 51.4 Å². The molecule has 0 aromatic rings. The highest BCUT2D eigenvalue weighted by molar-refractivity contribution is 5.91. The molecule has 9 atom stereocenters. The van der Waals surface area contributed by atoms with Crippen molar-refractivity contribution in [3.8, 4) is 0 Å². The van der Waals surface area contributed by atoms with Crippen LogP contribution in [-0.2, 0) is 33.4 Å². The minimum atomic E-state index is -0.562. The average molecular weight is 601 g/mol. The van der Waals surface area contributed by atoms with Crippen LogP contribution in [0, 0.1) is 51.2 Å². The van der Waals surface area contributed by atoms with Gasteiger partial charge in [0.1, 0.15) is 18.3 Å². The van der Waals surface area contributed by atoms with Crippen LogP contribution in [0.3, 0.4) is 0 Å². The van der Waals surface area contributed by atoms with E-state index in [1.165, 1.54) is 14.2 Å². The van der Waals surface area contributed by atoms with Gasteiger partial charge in [-0.3, -0.25) is 19.2 Å². The molecule has 0 amide bonds. The Balaban J connectivity index is 1.54. The van der Waals surface area contributed by atoms with Crippen molar-refractivity contribution in [3.63, 3.8) is 0 Å². The molecule has 4 aliphatic rings. The fourth-order valence-electron chi connectivity index (χ4n) is 10.5. The Labute approximate surface area is 259 Å². The molecule has 7 heteroatoms. The van der Waals surface area contributed by atoms with Crippen LogP contribution in [0.1, 0.15) is 120 Å². The molecule has 0 aliphatic heterocycles. The zero-order valence-corrected chi connectivity index (χ0v) is 28.4. The Morgan fingerprint density at radius 3 is 2.09 bits per heavy atom. The molecule has 242 valence electrons. The summed E-state index contributed by atoms with van der Waals surface area (Å²) in [5.41, 5.74) is 3.42. The summed E-state index contributed by atoms with van der Waals surface area (Å²) in [6, 6.07) is 0. The van der Waals surface area contributed by atoms with E-state index in [0.29, 0.717) is 18.3 Å². The molecule has 0 spiro atoms. The van der Waals surface area contributed by atoms with E-state index < -0.39 is 17.9 Å². The first-order valence-corrected chi connectivity index (χ1v) is 16.6. The summed E-state index contributed by atoms with van der Waals surface area (Å²) in [5, 5.41) is 0. The van der Waals surface area contributed by atoms with Crippen molar-refractivity contribution in [2.45, 2.75) is 126 Å². The Morgan fingerprint density at radius 2 is 1.47 bits per heavy atom. The highest BCUT2D eigenvalue weighted by atomic mass is 16.6. The minimum Gasteiger partial charge on any atom is -0.469 e. The van der Waals surface area contributed by atoms with Crippen LogP contribution < -0.4 is 0 Å². The molecule has 7 nitrogen and oxygen atoms in total. The fourth-order valence-corrected chi connectivity index (χ4v) is 10.5. The number of ketones is 1. The molecule has 43 heavy (non-hydrogen) atoms. The lowest BCUT2D eigenvalue weighted by molar-refractivity contribution is -0.172. The van der Waals surface area contributed by atoms with Crippen LogP contribution in [0.15, 0.2) is 11.1 Å². The monoisotopic (exact) mass is 600 g/mol. The lowest BCUT2D eigenvalue weighted by Crippen LogP contribution is -2.56. The fraction of sp³-hybridized carbons (Fsp3) is 0.833. The zero-order chi connectivity index (χ0) is 32.1. The molecule has 2 saturated carbocycles. The maximum atomic E-state index is 13.3. The normalized spacial score (nSPS) is 36.7. The highest BCUT2D eigenvalue weighted by Crippen LogP contribution is 2.72. The molecule has 2 fully saturated rings. The lowest BCUT2D eigenvalue weighted by atomic mass is 9.43. The Kier molecular flexibility index (Phi) is 9.38. The molecule has 0 saturated heterocycles. The summed E-state index contributed by atoms with van der Waals surface area (Å²) in [4.78, 5) is 49.6.